The van der Waals surface area contributed by atoms with E-state index in [2.05, 4.69) is 44.2 Å². The van der Waals surface area contributed by atoms with Crippen LogP contribution in [0.4, 0.5) is 5.69 Å². The van der Waals surface area contributed by atoms with Crippen molar-refractivity contribution in [1.82, 2.24) is 14.9 Å². The zero-order valence-corrected chi connectivity index (χ0v) is 21.5. The Morgan fingerprint density at radius 3 is 2.69 bits per heavy atom. The van der Waals surface area contributed by atoms with Gasteiger partial charge in [0.15, 0.2) is 5.11 Å². The van der Waals surface area contributed by atoms with Gasteiger partial charge in [0.2, 0.25) is 0 Å². The molecule has 1 aliphatic heterocycles. The third-order valence-corrected chi connectivity index (χ3v) is 7.53. The van der Waals surface area contributed by atoms with Crippen molar-refractivity contribution in [3.63, 3.8) is 0 Å². The van der Waals surface area contributed by atoms with Gasteiger partial charge in [-0.25, -0.2) is 0 Å². The number of nitrogens with one attached hydrogen (secondary N) is 1. The highest BCUT2D eigenvalue weighted by molar-refractivity contribution is 7.80. The number of thiocarbonyl (C=S) groups is 1. The number of nitrogens with zero attached hydrogens (tertiary/aromatic N) is 3. The van der Waals surface area contributed by atoms with Crippen molar-refractivity contribution in [2.45, 2.75) is 50.2 Å². The minimum absolute atomic E-state index is 0.0642. The summed E-state index contributed by atoms with van der Waals surface area (Å²) in [5.41, 5.74) is 3.12. The van der Waals surface area contributed by atoms with Crippen LogP contribution in [0.1, 0.15) is 61.6 Å². The van der Waals surface area contributed by atoms with Gasteiger partial charge in [0, 0.05) is 36.9 Å². The maximum atomic E-state index is 6.64. The Morgan fingerprint density at radius 2 is 1.94 bits per heavy atom. The Morgan fingerprint density at radius 1 is 1.09 bits per heavy atom. The third-order valence-electron chi connectivity index (χ3n) is 6.92. The highest BCUT2D eigenvalue weighted by atomic mass is 35.5. The minimum atomic E-state index is -0.0858. The van der Waals surface area contributed by atoms with Crippen molar-refractivity contribution in [2.24, 2.45) is 0 Å². The van der Waals surface area contributed by atoms with Gasteiger partial charge in [-0.1, -0.05) is 36.9 Å². The molecule has 6 nitrogen and oxygen atoms in total. The van der Waals surface area contributed by atoms with Crippen LogP contribution < -0.4 is 15.0 Å². The Labute approximate surface area is 217 Å². The number of rotatable bonds is 8. The number of aromatic nitrogens is 2. The smallest absolute Gasteiger partial charge is 0.174 e. The number of methoxy groups -OCH3 is 1. The van der Waals surface area contributed by atoms with Gasteiger partial charge < -0.3 is 24.3 Å². The fourth-order valence-electron chi connectivity index (χ4n) is 5.27. The first-order chi connectivity index (χ1) is 17.2. The number of benzene rings is 1. The summed E-state index contributed by atoms with van der Waals surface area (Å²) in [6.07, 6.45) is 10.3. The number of hydrogen-bond donors (Lipinski definition) is 1. The highest BCUT2D eigenvalue weighted by Crippen LogP contribution is 2.44. The maximum Gasteiger partial charge on any atom is 0.174 e. The summed E-state index contributed by atoms with van der Waals surface area (Å²) >= 11 is 12.5. The van der Waals surface area contributed by atoms with Crippen molar-refractivity contribution in [2.75, 3.05) is 25.2 Å². The lowest BCUT2D eigenvalue weighted by molar-refractivity contribution is 0.146. The molecule has 1 saturated carbocycles. The molecule has 5 rings (SSSR count). The normalized spacial score (nSPS) is 20.7. The number of halogens is 1. The summed E-state index contributed by atoms with van der Waals surface area (Å²) in [5, 5.41) is 4.76. The lowest BCUT2D eigenvalue weighted by Gasteiger charge is -2.32. The summed E-state index contributed by atoms with van der Waals surface area (Å²) in [7, 11) is 1.65. The maximum absolute atomic E-state index is 6.64. The molecule has 0 unspecified atom stereocenters. The molecular weight excluding hydrogens is 480 g/mol. The molecule has 3 heterocycles. The minimum Gasteiger partial charge on any atom is -0.490 e. The fraction of sp³-hybridized carbons (Fsp3) is 0.407. The van der Waals surface area contributed by atoms with E-state index >= 15 is 0 Å². The second-order valence-electron chi connectivity index (χ2n) is 9.08. The van der Waals surface area contributed by atoms with Crippen LogP contribution in [0.2, 0.25) is 5.02 Å². The molecule has 184 valence electrons. The zero-order chi connectivity index (χ0) is 24.2. The average Bonchev–Trinajstić information content (AvgIpc) is 3.50. The first-order valence-corrected chi connectivity index (χ1v) is 13.0. The molecule has 0 spiro atoms. The first-order valence-electron chi connectivity index (χ1n) is 12.3. The summed E-state index contributed by atoms with van der Waals surface area (Å²) in [5.74, 6) is 0.633. The second kappa shape index (κ2) is 11.0. The first kappa shape index (κ1) is 24.1. The topological polar surface area (TPSA) is 51.6 Å². The molecule has 0 bridgehead atoms. The quantitative estimate of drug-likeness (QED) is 0.286. The Bertz CT molecular complexity index is 1150. The van der Waals surface area contributed by atoms with Crippen molar-refractivity contribution >= 4 is 34.6 Å². The molecule has 2 fully saturated rings. The van der Waals surface area contributed by atoms with E-state index in [1.165, 1.54) is 37.8 Å². The molecule has 1 aromatic carbocycles. The lowest BCUT2D eigenvalue weighted by Crippen LogP contribution is -2.31. The van der Waals surface area contributed by atoms with Crippen LogP contribution in [0.15, 0.2) is 60.9 Å². The van der Waals surface area contributed by atoms with Gasteiger partial charge in [-0.2, -0.15) is 0 Å². The molecule has 1 saturated heterocycles. The molecule has 2 aromatic heterocycles. The van der Waals surface area contributed by atoms with Crippen molar-refractivity contribution < 1.29 is 9.47 Å². The van der Waals surface area contributed by atoms with Crippen LogP contribution in [-0.2, 0) is 4.74 Å². The van der Waals surface area contributed by atoms with Gasteiger partial charge in [0.25, 0.3) is 0 Å². The third kappa shape index (κ3) is 5.03. The number of hydrogen-bond acceptors (Lipinski definition) is 4. The van der Waals surface area contributed by atoms with E-state index in [9.17, 15) is 0 Å². The number of pyridine rings is 1. The molecule has 2 atom stereocenters. The van der Waals surface area contributed by atoms with E-state index in [0.717, 1.165) is 11.4 Å². The van der Waals surface area contributed by atoms with Crippen LogP contribution in [0.25, 0.3) is 0 Å². The predicted octanol–water partition coefficient (Wildman–Crippen LogP) is 6.24. The van der Waals surface area contributed by atoms with Gasteiger partial charge in [0.1, 0.15) is 18.4 Å². The van der Waals surface area contributed by atoms with Crippen LogP contribution in [0.3, 0.4) is 0 Å². The van der Waals surface area contributed by atoms with Crippen molar-refractivity contribution in [3.8, 4) is 5.75 Å². The molecule has 0 amide bonds. The standard InChI is InChI=1S/C27H31ClN4O2S/c1-33-16-17-34-24-13-12-20(18-21(24)28)32-26(25(30-27(32)35)22-10-5-6-14-29-22)23-11-7-15-31(23)19-8-3-2-4-9-19/h5-7,10-15,18-19,25-26H,2-4,8-9,16-17H2,1H3,(H,30,35)/t25-,26+/m0/s1. The van der Waals surface area contributed by atoms with Crippen molar-refractivity contribution in [3.05, 3.63) is 77.3 Å². The molecule has 3 aromatic rings. The number of ether oxygens (including phenoxy) is 2. The molecule has 35 heavy (non-hydrogen) atoms. The van der Waals surface area contributed by atoms with Gasteiger partial charge in [-0.05, 0) is 67.5 Å². The molecule has 1 aliphatic carbocycles. The van der Waals surface area contributed by atoms with Crippen LogP contribution in [0, 0.1) is 0 Å². The SMILES string of the molecule is COCCOc1ccc(N2C(=S)N[C@@H](c3ccccn3)[C@H]2c2cccn2C2CCCCC2)cc1Cl. The Kier molecular flexibility index (Phi) is 7.56. The zero-order valence-electron chi connectivity index (χ0n) is 19.9. The van der Waals surface area contributed by atoms with Crippen LogP contribution in [-0.4, -0.2) is 35.0 Å². The summed E-state index contributed by atoms with van der Waals surface area (Å²) in [6.45, 7) is 0.947. The van der Waals surface area contributed by atoms with Crippen molar-refractivity contribution in [1.29, 1.82) is 0 Å². The molecule has 2 aliphatic rings. The monoisotopic (exact) mass is 510 g/mol. The van der Waals surface area contributed by atoms with Gasteiger partial charge in [-0.3, -0.25) is 4.98 Å². The van der Waals surface area contributed by atoms with Gasteiger partial charge in [-0.15, -0.1) is 0 Å². The second-order valence-corrected chi connectivity index (χ2v) is 9.88. The van der Waals surface area contributed by atoms with E-state index in [1.807, 2.05) is 36.5 Å². The fourth-order valence-corrected chi connectivity index (χ4v) is 5.85. The highest BCUT2D eigenvalue weighted by Gasteiger charge is 2.42. The largest absolute Gasteiger partial charge is 0.490 e. The van der Waals surface area contributed by atoms with E-state index in [0.29, 0.717) is 35.1 Å². The Balaban J connectivity index is 1.53. The summed E-state index contributed by atoms with van der Waals surface area (Å²) in [4.78, 5) is 6.86. The molecule has 0 radical (unpaired) electrons. The Hall–Kier alpha value is -2.61. The summed E-state index contributed by atoms with van der Waals surface area (Å²) in [6, 6.07) is 16.6. The van der Waals surface area contributed by atoms with Gasteiger partial charge in [0.05, 0.1) is 23.4 Å². The van der Waals surface area contributed by atoms with Crippen LogP contribution in [0.5, 0.6) is 5.75 Å². The number of anilines is 1. The van der Waals surface area contributed by atoms with Gasteiger partial charge >= 0.3 is 0 Å². The average molecular weight is 511 g/mol. The van der Waals surface area contributed by atoms with E-state index < -0.39 is 0 Å². The molecular formula is C27H31ClN4O2S. The lowest BCUT2D eigenvalue weighted by atomic mass is 9.94. The van der Waals surface area contributed by atoms with E-state index in [-0.39, 0.29) is 12.1 Å². The summed E-state index contributed by atoms with van der Waals surface area (Å²) < 4.78 is 13.3. The van der Waals surface area contributed by atoms with E-state index in [4.69, 9.17) is 33.3 Å². The molecule has 8 heteroatoms. The van der Waals surface area contributed by atoms with E-state index in [1.54, 1.807) is 7.11 Å². The predicted molar refractivity (Wildman–Crippen MR) is 143 cm³/mol. The molecule has 1 N–H and O–H groups in total. The van der Waals surface area contributed by atoms with Crippen LogP contribution >= 0.6 is 23.8 Å².